The van der Waals surface area contributed by atoms with E-state index in [1.165, 1.54) is 30.5 Å². The van der Waals surface area contributed by atoms with Crippen LogP contribution in [-0.2, 0) is 5.41 Å². The molecule has 39 heavy (non-hydrogen) atoms. The quantitative estimate of drug-likeness (QED) is 0.321. The number of nitrogens with zero attached hydrogens (tertiary/aromatic N) is 5. The fraction of sp³-hybridized carbons (Fsp3) is 0.179. The van der Waals surface area contributed by atoms with Crippen molar-refractivity contribution in [3.8, 4) is 17.2 Å². The first-order chi connectivity index (χ1) is 18.5. The third kappa shape index (κ3) is 4.93. The highest BCUT2D eigenvalue weighted by Crippen LogP contribution is 2.41. The van der Waals surface area contributed by atoms with Crippen LogP contribution in [0, 0.1) is 12.7 Å². The SMILES string of the molecule is Cc1ccc(-n2nc(C(C)(C)C)cc2N(C(N)=O)c2c(F)cccc2Oc2ccnc3[nH]c(=O)cnc23)cc1. The van der Waals surface area contributed by atoms with Crippen molar-refractivity contribution in [1.29, 1.82) is 0 Å². The van der Waals surface area contributed by atoms with Crippen LogP contribution in [0.2, 0.25) is 0 Å². The minimum Gasteiger partial charge on any atom is -0.453 e. The fourth-order valence-corrected chi connectivity index (χ4v) is 4.03. The van der Waals surface area contributed by atoms with Gasteiger partial charge in [0, 0.05) is 23.7 Å². The zero-order valence-electron chi connectivity index (χ0n) is 21.8. The first-order valence-electron chi connectivity index (χ1n) is 12.1. The van der Waals surface area contributed by atoms with E-state index in [9.17, 15) is 9.59 Å². The van der Waals surface area contributed by atoms with Crippen LogP contribution >= 0.6 is 0 Å². The number of halogens is 1. The van der Waals surface area contributed by atoms with Gasteiger partial charge in [-0.2, -0.15) is 5.10 Å². The molecule has 5 rings (SSSR count). The Bertz CT molecular complexity index is 1750. The van der Waals surface area contributed by atoms with Crippen LogP contribution in [0.3, 0.4) is 0 Å². The van der Waals surface area contributed by atoms with E-state index in [4.69, 9.17) is 15.6 Å². The number of carbonyl (C=O) groups is 1. The number of aryl methyl sites for hydroxylation is 1. The van der Waals surface area contributed by atoms with Crippen molar-refractivity contribution < 1.29 is 13.9 Å². The van der Waals surface area contributed by atoms with Gasteiger partial charge in [-0.05, 0) is 31.2 Å². The Morgan fingerprint density at radius 1 is 1.08 bits per heavy atom. The Hall–Kier alpha value is -5.06. The van der Waals surface area contributed by atoms with Crippen LogP contribution in [0.15, 0.2) is 71.8 Å². The standard InChI is InChI=1S/C28H26FN7O3/c1-16-8-10-17(11-9-16)36-23(14-21(34-36)28(2,3)4)35(27(30)38)25-18(29)6-5-7-20(25)39-19-12-13-31-26-24(19)32-15-22(37)33-26/h5-15H,1-4H3,(H2,30,38)(H,31,33,37). The lowest BCUT2D eigenvalue weighted by molar-refractivity contribution is 0.255. The molecule has 0 atom stereocenters. The molecule has 3 heterocycles. The summed E-state index contributed by atoms with van der Waals surface area (Å²) in [6.45, 7) is 7.91. The number of benzene rings is 2. The first-order valence-corrected chi connectivity index (χ1v) is 12.1. The molecule has 3 N–H and O–H groups in total. The predicted molar refractivity (Wildman–Crippen MR) is 145 cm³/mol. The van der Waals surface area contributed by atoms with E-state index >= 15 is 4.39 Å². The molecule has 0 saturated carbocycles. The Balaban J connectivity index is 1.71. The molecule has 0 aliphatic rings. The Morgan fingerprint density at radius 3 is 2.51 bits per heavy atom. The predicted octanol–water partition coefficient (Wildman–Crippen LogP) is 5.26. The van der Waals surface area contributed by atoms with Crippen LogP contribution in [0.5, 0.6) is 11.5 Å². The number of amides is 2. The smallest absolute Gasteiger partial charge is 0.325 e. The number of urea groups is 1. The molecule has 0 saturated heterocycles. The number of H-pyrrole nitrogens is 1. The number of rotatable bonds is 5. The lowest BCUT2D eigenvalue weighted by atomic mass is 9.92. The maximum atomic E-state index is 15.6. The first kappa shape index (κ1) is 25.6. The van der Waals surface area contributed by atoms with E-state index in [2.05, 4.69) is 15.0 Å². The van der Waals surface area contributed by atoms with Gasteiger partial charge in [-0.3, -0.25) is 4.79 Å². The zero-order valence-corrected chi connectivity index (χ0v) is 21.8. The van der Waals surface area contributed by atoms with E-state index in [0.717, 1.165) is 16.7 Å². The summed E-state index contributed by atoms with van der Waals surface area (Å²) >= 11 is 0. The van der Waals surface area contributed by atoms with Gasteiger partial charge in [0.25, 0.3) is 5.56 Å². The number of anilines is 2. The Labute approximate surface area is 222 Å². The van der Waals surface area contributed by atoms with Crippen molar-refractivity contribution >= 4 is 28.7 Å². The van der Waals surface area contributed by atoms with Crippen LogP contribution in [0.1, 0.15) is 32.0 Å². The van der Waals surface area contributed by atoms with Crippen LogP contribution in [-0.4, -0.2) is 30.8 Å². The minimum absolute atomic E-state index is 0.0109. The fourth-order valence-electron chi connectivity index (χ4n) is 4.03. The number of aromatic nitrogens is 5. The summed E-state index contributed by atoms with van der Waals surface area (Å²) in [5.74, 6) is -0.341. The lowest BCUT2D eigenvalue weighted by Gasteiger charge is -2.24. The normalized spacial score (nSPS) is 11.5. The molecule has 5 aromatic rings. The lowest BCUT2D eigenvalue weighted by Crippen LogP contribution is -2.34. The van der Waals surface area contributed by atoms with Crippen LogP contribution in [0.25, 0.3) is 16.9 Å². The van der Waals surface area contributed by atoms with Gasteiger partial charge in [-0.15, -0.1) is 0 Å². The largest absolute Gasteiger partial charge is 0.453 e. The molecule has 2 amide bonds. The highest BCUT2D eigenvalue weighted by molar-refractivity contribution is 5.99. The molecule has 0 radical (unpaired) electrons. The van der Waals surface area contributed by atoms with Gasteiger partial charge in [0.05, 0.1) is 17.6 Å². The third-order valence-corrected chi connectivity index (χ3v) is 6.02. The van der Waals surface area contributed by atoms with Crippen molar-refractivity contribution in [2.75, 3.05) is 4.90 Å². The number of carbonyl (C=O) groups excluding carboxylic acids is 1. The van der Waals surface area contributed by atoms with Gasteiger partial charge in [0.15, 0.2) is 23.0 Å². The maximum absolute atomic E-state index is 15.6. The number of ether oxygens (including phenoxy) is 1. The average Bonchev–Trinajstić information content (AvgIpc) is 3.32. The molecule has 0 aliphatic carbocycles. The van der Waals surface area contributed by atoms with E-state index < -0.39 is 17.4 Å². The van der Waals surface area contributed by atoms with Gasteiger partial charge in [0.1, 0.15) is 17.0 Å². The molecule has 0 aliphatic heterocycles. The number of para-hydroxylation sites is 1. The second-order valence-corrected chi connectivity index (χ2v) is 10.0. The Morgan fingerprint density at radius 2 is 1.82 bits per heavy atom. The molecule has 0 bridgehead atoms. The second kappa shape index (κ2) is 9.67. The van der Waals surface area contributed by atoms with Gasteiger partial charge < -0.3 is 15.5 Å². The number of pyridine rings is 1. The molecule has 3 aromatic heterocycles. The summed E-state index contributed by atoms with van der Waals surface area (Å²) in [4.78, 5) is 36.6. The van der Waals surface area contributed by atoms with Gasteiger partial charge in [0.2, 0.25) is 0 Å². The van der Waals surface area contributed by atoms with Crippen LogP contribution in [0.4, 0.5) is 20.7 Å². The van der Waals surface area contributed by atoms with Crippen LogP contribution < -0.4 is 20.9 Å². The van der Waals surface area contributed by atoms with Crippen molar-refractivity contribution in [2.24, 2.45) is 5.73 Å². The number of hydrogen-bond donors (Lipinski definition) is 2. The van der Waals surface area contributed by atoms with Crippen molar-refractivity contribution in [3.63, 3.8) is 0 Å². The average molecular weight is 528 g/mol. The Kier molecular flexibility index (Phi) is 6.35. The number of primary amides is 1. The molecule has 0 fully saturated rings. The highest BCUT2D eigenvalue weighted by Gasteiger charge is 2.30. The second-order valence-electron chi connectivity index (χ2n) is 10.0. The summed E-state index contributed by atoms with van der Waals surface area (Å²) in [6.07, 6.45) is 2.51. The molecule has 0 unspecified atom stereocenters. The number of aromatic amines is 1. The minimum atomic E-state index is -0.944. The molecule has 10 nitrogen and oxygen atoms in total. The molecular weight excluding hydrogens is 501 g/mol. The summed E-state index contributed by atoms with van der Waals surface area (Å²) in [7, 11) is 0. The van der Waals surface area contributed by atoms with Gasteiger partial charge in [-0.25, -0.2) is 28.7 Å². The van der Waals surface area contributed by atoms with Crippen molar-refractivity contribution in [1.82, 2.24) is 24.7 Å². The highest BCUT2D eigenvalue weighted by atomic mass is 19.1. The van der Waals surface area contributed by atoms with Crippen molar-refractivity contribution in [2.45, 2.75) is 33.1 Å². The number of hydrogen-bond acceptors (Lipinski definition) is 6. The summed E-state index contributed by atoms with van der Waals surface area (Å²) in [5.41, 5.74) is 7.66. The van der Waals surface area contributed by atoms with Crippen molar-refractivity contribution in [3.05, 3.63) is 94.4 Å². The van der Waals surface area contributed by atoms with E-state index in [-0.39, 0.29) is 39.6 Å². The third-order valence-electron chi connectivity index (χ3n) is 6.02. The number of fused-ring (bicyclic) bond motifs is 1. The van der Waals surface area contributed by atoms with Gasteiger partial charge in [-0.1, -0.05) is 44.5 Å². The van der Waals surface area contributed by atoms with E-state index in [1.807, 2.05) is 52.0 Å². The number of nitrogens with one attached hydrogen (secondary N) is 1. The summed E-state index contributed by atoms with van der Waals surface area (Å²) in [6, 6.07) is 14.0. The summed E-state index contributed by atoms with van der Waals surface area (Å²) < 4.78 is 23.2. The zero-order chi connectivity index (χ0) is 27.9. The molecular formula is C28H26FN7O3. The number of nitrogens with two attached hydrogens (primary N) is 1. The topological polar surface area (TPSA) is 132 Å². The molecule has 2 aromatic carbocycles. The molecule has 11 heteroatoms. The van der Waals surface area contributed by atoms with E-state index in [0.29, 0.717) is 11.4 Å². The molecule has 0 spiro atoms. The maximum Gasteiger partial charge on any atom is 0.325 e. The summed E-state index contributed by atoms with van der Waals surface area (Å²) in [5, 5.41) is 4.75. The monoisotopic (exact) mass is 527 g/mol. The molecule has 198 valence electrons. The van der Waals surface area contributed by atoms with E-state index in [1.54, 1.807) is 10.7 Å². The van der Waals surface area contributed by atoms with Gasteiger partial charge >= 0.3 is 6.03 Å².